The number of hydrogen-bond acceptors (Lipinski definition) is 2. The first-order valence-corrected chi connectivity index (χ1v) is 8.56. The highest BCUT2D eigenvalue weighted by atomic mass is 16.6. The van der Waals surface area contributed by atoms with Crippen LogP contribution in [-0.2, 0) is 15.1 Å². The first-order chi connectivity index (χ1) is 11.4. The highest BCUT2D eigenvalue weighted by molar-refractivity contribution is 5.98. The Balaban J connectivity index is 1.99. The molecule has 1 atom stereocenters. The van der Waals surface area contributed by atoms with E-state index in [-0.39, 0.29) is 11.9 Å². The van der Waals surface area contributed by atoms with Gasteiger partial charge in [0.2, 0.25) is 0 Å². The van der Waals surface area contributed by atoms with Crippen LogP contribution in [0.4, 0.5) is 0 Å². The van der Waals surface area contributed by atoms with Crippen molar-refractivity contribution in [1.82, 2.24) is 0 Å². The lowest BCUT2D eigenvalue weighted by molar-refractivity contribution is -0.162. The maximum Gasteiger partial charge on any atom is 0.309 e. The second-order valence-electron chi connectivity index (χ2n) is 7.00. The minimum absolute atomic E-state index is 0.0753. The van der Waals surface area contributed by atoms with Crippen LogP contribution in [0.2, 0.25) is 0 Å². The summed E-state index contributed by atoms with van der Waals surface area (Å²) in [5.41, 5.74) is 0.377. The van der Waals surface area contributed by atoms with Crippen LogP contribution in [-0.4, -0.2) is 5.97 Å². The highest BCUT2D eigenvalue weighted by Gasteiger charge is 2.27. The fraction of sp³-hybridized carbons (Fsp3) is 0.318. The molecule has 0 aliphatic heterocycles. The van der Waals surface area contributed by atoms with E-state index in [0.29, 0.717) is 0 Å². The Hall–Kier alpha value is -2.35. The van der Waals surface area contributed by atoms with E-state index < -0.39 is 5.60 Å². The third-order valence-corrected chi connectivity index (χ3v) is 4.77. The van der Waals surface area contributed by atoms with Gasteiger partial charge in [0.05, 0.1) is 5.92 Å². The van der Waals surface area contributed by atoms with Crippen molar-refractivity contribution in [3.8, 4) is 0 Å². The smallest absolute Gasteiger partial charge is 0.309 e. The lowest BCUT2D eigenvalue weighted by Crippen LogP contribution is -2.28. The molecular weight excluding hydrogens is 296 g/mol. The quantitative estimate of drug-likeness (QED) is 0.447. The van der Waals surface area contributed by atoms with Crippen molar-refractivity contribution in [2.24, 2.45) is 5.92 Å². The molecule has 0 aliphatic rings. The van der Waals surface area contributed by atoms with Gasteiger partial charge in [0.15, 0.2) is 0 Å². The molecule has 0 radical (unpaired) electrons. The van der Waals surface area contributed by atoms with Crippen LogP contribution in [0.5, 0.6) is 0 Å². The number of rotatable bonds is 4. The van der Waals surface area contributed by atoms with E-state index in [9.17, 15) is 4.79 Å². The molecular formula is C22H24O2. The normalized spacial score (nSPS) is 13.2. The third-order valence-electron chi connectivity index (χ3n) is 4.77. The van der Waals surface area contributed by atoms with Crippen molar-refractivity contribution in [1.29, 1.82) is 0 Å². The molecule has 24 heavy (non-hydrogen) atoms. The summed E-state index contributed by atoms with van der Waals surface area (Å²) in [6, 6.07) is 19.0. The van der Waals surface area contributed by atoms with E-state index in [4.69, 9.17) is 4.74 Å². The van der Waals surface area contributed by atoms with Crippen molar-refractivity contribution in [2.45, 2.75) is 39.7 Å². The summed E-state index contributed by atoms with van der Waals surface area (Å²) in [5, 5.41) is 4.82. The molecule has 3 aromatic rings. The summed E-state index contributed by atoms with van der Waals surface area (Å²) in [7, 11) is 0. The van der Waals surface area contributed by atoms with Crippen molar-refractivity contribution < 1.29 is 9.53 Å². The number of benzene rings is 3. The van der Waals surface area contributed by atoms with Gasteiger partial charge in [0.1, 0.15) is 5.60 Å². The van der Waals surface area contributed by atoms with Gasteiger partial charge in [-0.1, -0.05) is 50.2 Å². The van der Waals surface area contributed by atoms with Crippen LogP contribution >= 0.6 is 0 Å². The first kappa shape index (κ1) is 16.5. The molecule has 0 saturated heterocycles. The average Bonchev–Trinajstić information content (AvgIpc) is 2.58. The van der Waals surface area contributed by atoms with Gasteiger partial charge in [-0.05, 0) is 65.6 Å². The van der Waals surface area contributed by atoms with E-state index in [2.05, 4.69) is 54.6 Å². The zero-order valence-electron chi connectivity index (χ0n) is 14.8. The molecule has 0 heterocycles. The zero-order valence-corrected chi connectivity index (χ0v) is 14.8. The molecule has 0 spiro atoms. The number of carbonyl (C=O) groups excluding carboxylic acids is 1. The minimum atomic E-state index is -0.639. The molecule has 0 N–H and O–H groups in total. The molecule has 3 aromatic carbocycles. The maximum absolute atomic E-state index is 12.2. The molecule has 2 heteroatoms. The molecule has 124 valence electrons. The largest absolute Gasteiger partial charge is 0.455 e. The van der Waals surface area contributed by atoms with Gasteiger partial charge in [-0.15, -0.1) is 0 Å². The number of esters is 1. The van der Waals surface area contributed by atoms with Crippen LogP contribution in [0.15, 0.2) is 54.6 Å². The number of fused-ring (bicyclic) bond motifs is 2. The van der Waals surface area contributed by atoms with Gasteiger partial charge in [-0.25, -0.2) is 0 Å². The molecule has 0 aromatic heterocycles. The van der Waals surface area contributed by atoms with Crippen LogP contribution in [0.25, 0.3) is 21.5 Å². The number of hydrogen-bond donors (Lipinski definition) is 0. The maximum atomic E-state index is 12.2. The molecule has 0 fully saturated rings. The number of carbonyl (C=O) groups is 1. The van der Waals surface area contributed by atoms with E-state index in [1.165, 1.54) is 21.5 Å². The summed E-state index contributed by atoms with van der Waals surface area (Å²) < 4.78 is 5.77. The second kappa shape index (κ2) is 6.27. The van der Waals surface area contributed by atoms with E-state index in [1.54, 1.807) is 0 Å². The third kappa shape index (κ3) is 3.14. The monoisotopic (exact) mass is 320 g/mol. The number of ether oxygens (including phenoxy) is 1. The lowest BCUT2D eigenvalue weighted by atomic mass is 9.93. The van der Waals surface area contributed by atoms with Gasteiger partial charge in [0.25, 0.3) is 0 Å². The molecule has 0 bridgehead atoms. The van der Waals surface area contributed by atoms with Gasteiger partial charge in [-0.3, -0.25) is 4.79 Å². The Bertz CT molecular complexity index is 893. The second-order valence-corrected chi connectivity index (χ2v) is 7.00. The van der Waals surface area contributed by atoms with Crippen molar-refractivity contribution in [2.75, 3.05) is 0 Å². The van der Waals surface area contributed by atoms with Gasteiger partial charge < -0.3 is 4.74 Å². The van der Waals surface area contributed by atoms with Crippen LogP contribution in [0.3, 0.4) is 0 Å². The molecule has 2 nitrogen and oxygen atoms in total. The highest BCUT2D eigenvalue weighted by Crippen LogP contribution is 2.31. The van der Waals surface area contributed by atoms with Crippen molar-refractivity contribution >= 4 is 27.5 Å². The molecule has 0 amide bonds. The van der Waals surface area contributed by atoms with Crippen LogP contribution < -0.4 is 0 Å². The minimum Gasteiger partial charge on any atom is -0.455 e. The average molecular weight is 320 g/mol. The Morgan fingerprint density at radius 1 is 0.958 bits per heavy atom. The summed E-state index contributed by atoms with van der Waals surface area (Å²) in [5.74, 6) is -0.213. The van der Waals surface area contributed by atoms with Crippen molar-refractivity contribution in [3.63, 3.8) is 0 Å². The molecule has 3 rings (SSSR count). The molecule has 1 unspecified atom stereocenters. The fourth-order valence-corrected chi connectivity index (χ4v) is 2.89. The summed E-state index contributed by atoms with van der Waals surface area (Å²) in [6.07, 6.45) is 0.790. The predicted molar refractivity (Wildman–Crippen MR) is 100 cm³/mol. The standard InChI is InChI=1S/C22H24O2/c1-5-15(2)21(23)24-22(3,4)20-11-10-18-12-16-8-6-7-9-17(16)13-19(18)14-20/h6-15H,5H2,1-4H3. The fourth-order valence-electron chi connectivity index (χ4n) is 2.89. The van der Waals surface area contributed by atoms with E-state index in [0.717, 1.165) is 12.0 Å². The summed E-state index contributed by atoms with van der Waals surface area (Å²) >= 11 is 0. The molecule has 0 saturated carbocycles. The zero-order chi connectivity index (χ0) is 17.3. The van der Waals surface area contributed by atoms with E-state index in [1.807, 2.05) is 27.7 Å². The SMILES string of the molecule is CCC(C)C(=O)OC(C)(C)c1ccc2cc3ccccc3cc2c1. The Labute approximate surface area is 143 Å². The Morgan fingerprint density at radius 2 is 1.54 bits per heavy atom. The van der Waals surface area contributed by atoms with Crippen molar-refractivity contribution in [3.05, 3.63) is 60.2 Å². The summed E-state index contributed by atoms with van der Waals surface area (Å²) in [4.78, 5) is 12.2. The van der Waals surface area contributed by atoms with Gasteiger partial charge in [0, 0.05) is 0 Å². The summed E-state index contributed by atoms with van der Waals surface area (Å²) in [6.45, 7) is 7.82. The van der Waals surface area contributed by atoms with Crippen LogP contribution in [0.1, 0.15) is 39.7 Å². The van der Waals surface area contributed by atoms with E-state index >= 15 is 0 Å². The Morgan fingerprint density at radius 3 is 2.17 bits per heavy atom. The lowest BCUT2D eigenvalue weighted by Gasteiger charge is -2.27. The van der Waals surface area contributed by atoms with Crippen LogP contribution in [0, 0.1) is 5.92 Å². The molecule has 0 aliphatic carbocycles. The van der Waals surface area contributed by atoms with Gasteiger partial charge in [-0.2, -0.15) is 0 Å². The predicted octanol–water partition coefficient (Wildman–Crippen LogP) is 5.82. The van der Waals surface area contributed by atoms with Gasteiger partial charge >= 0.3 is 5.97 Å². The Kier molecular flexibility index (Phi) is 4.31. The first-order valence-electron chi connectivity index (χ1n) is 8.56. The topological polar surface area (TPSA) is 26.3 Å².